The summed E-state index contributed by atoms with van der Waals surface area (Å²) in [5.41, 5.74) is 0.358. The fourth-order valence-electron chi connectivity index (χ4n) is 2.50. The van der Waals surface area contributed by atoms with Gasteiger partial charge in [-0.15, -0.1) is 0 Å². The van der Waals surface area contributed by atoms with Crippen LogP contribution in [0.15, 0.2) is 24.3 Å². The molecule has 1 aromatic rings. The van der Waals surface area contributed by atoms with Gasteiger partial charge < -0.3 is 4.79 Å². The van der Waals surface area contributed by atoms with Gasteiger partial charge in [0.05, 0.1) is 11.3 Å². The molecule has 94 valence electrons. The maximum atomic E-state index is 11.7. The molecule has 0 aliphatic heterocycles. The standard InChI is InChI=1S/C13H13NO3S/c1-9-3-5-10(6-4-9)11-12(18(2,16)17)13(11,7-14)8-15/h3-6,8,11-12H,1-2H3/t11-,12-,13+/m0/s1. The second kappa shape index (κ2) is 3.92. The molecule has 0 saturated heterocycles. The lowest BCUT2D eigenvalue weighted by Gasteiger charge is -2.00. The lowest BCUT2D eigenvalue weighted by molar-refractivity contribution is -0.110. The first-order chi connectivity index (χ1) is 8.36. The second-order valence-electron chi connectivity index (χ2n) is 4.80. The molecule has 0 aromatic heterocycles. The molecular weight excluding hydrogens is 250 g/mol. The van der Waals surface area contributed by atoms with Crippen molar-refractivity contribution in [1.29, 1.82) is 5.26 Å². The Balaban J connectivity index is 2.49. The van der Waals surface area contributed by atoms with E-state index in [0.29, 0.717) is 6.29 Å². The van der Waals surface area contributed by atoms with E-state index in [2.05, 4.69) is 0 Å². The van der Waals surface area contributed by atoms with Crippen LogP contribution in [0.3, 0.4) is 0 Å². The molecule has 0 radical (unpaired) electrons. The SMILES string of the molecule is Cc1ccc([C@H]2[C@H](S(C)(=O)=O)[C@]2(C#N)C=O)cc1. The molecule has 4 nitrogen and oxygen atoms in total. The number of hydrogen-bond acceptors (Lipinski definition) is 4. The Kier molecular flexibility index (Phi) is 2.78. The van der Waals surface area contributed by atoms with E-state index < -0.39 is 26.4 Å². The number of sulfone groups is 1. The molecule has 1 aliphatic carbocycles. The minimum Gasteiger partial charge on any atom is -0.302 e. The number of benzene rings is 1. The topological polar surface area (TPSA) is 75.0 Å². The molecule has 1 saturated carbocycles. The molecule has 0 amide bonds. The molecule has 0 heterocycles. The summed E-state index contributed by atoms with van der Waals surface area (Å²) in [7, 11) is -3.42. The first-order valence-corrected chi connectivity index (χ1v) is 7.45. The molecule has 1 aliphatic rings. The fourth-order valence-corrected chi connectivity index (χ4v) is 4.26. The third-order valence-electron chi connectivity index (χ3n) is 3.47. The number of aryl methyl sites for hydroxylation is 1. The van der Waals surface area contributed by atoms with Crippen LogP contribution in [0.25, 0.3) is 0 Å². The molecule has 1 fully saturated rings. The molecule has 5 heteroatoms. The van der Waals surface area contributed by atoms with Crippen LogP contribution in [-0.2, 0) is 14.6 Å². The van der Waals surface area contributed by atoms with E-state index in [1.165, 1.54) is 0 Å². The van der Waals surface area contributed by atoms with Crippen LogP contribution < -0.4 is 0 Å². The van der Waals surface area contributed by atoms with E-state index in [1.807, 2.05) is 25.1 Å². The summed E-state index contributed by atoms with van der Waals surface area (Å²) in [6.07, 6.45) is 1.55. The van der Waals surface area contributed by atoms with Crippen LogP contribution in [0.1, 0.15) is 17.0 Å². The zero-order valence-electron chi connectivity index (χ0n) is 10.1. The lowest BCUT2D eigenvalue weighted by Crippen LogP contribution is -2.14. The van der Waals surface area contributed by atoms with Gasteiger partial charge in [-0.25, -0.2) is 8.42 Å². The number of nitrogens with zero attached hydrogens (tertiary/aromatic N) is 1. The summed E-state index contributed by atoms with van der Waals surface area (Å²) in [4.78, 5) is 11.1. The Hall–Kier alpha value is -1.67. The molecule has 0 bridgehead atoms. The van der Waals surface area contributed by atoms with Crippen LogP contribution in [0.4, 0.5) is 0 Å². The minimum atomic E-state index is -3.42. The van der Waals surface area contributed by atoms with Crippen molar-refractivity contribution in [2.75, 3.05) is 6.26 Å². The van der Waals surface area contributed by atoms with E-state index in [-0.39, 0.29) is 0 Å². The van der Waals surface area contributed by atoms with Crippen molar-refractivity contribution in [3.8, 4) is 6.07 Å². The van der Waals surface area contributed by atoms with Crippen molar-refractivity contribution >= 4 is 16.1 Å². The lowest BCUT2D eigenvalue weighted by atomic mass is 10.0. The van der Waals surface area contributed by atoms with Crippen LogP contribution in [0, 0.1) is 23.7 Å². The average Bonchev–Trinajstić information content (AvgIpc) is 3.00. The molecule has 0 N–H and O–H groups in total. The van der Waals surface area contributed by atoms with Crippen LogP contribution in [-0.4, -0.2) is 26.2 Å². The number of rotatable bonds is 3. The first-order valence-electron chi connectivity index (χ1n) is 5.50. The van der Waals surface area contributed by atoms with Gasteiger partial charge in [0.1, 0.15) is 11.7 Å². The first kappa shape index (κ1) is 12.8. The predicted molar refractivity (Wildman–Crippen MR) is 66.7 cm³/mol. The van der Waals surface area contributed by atoms with E-state index in [9.17, 15) is 13.2 Å². The van der Waals surface area contributed by atoms with Crippen LogP contribution in [0.5, 0.6) is 0 Å². The highest BCUT2D eigenvalue weighted by molar-refractivity contribution is 7.91. The van der Waals surface area contributed by atoms with Gasteiger partial charge in [-0.1, -0.05) is 29.8 Å². The average molecular weight is 263 g/mol. The van der Waals surface area contributed by atoms with Gasteiger partial charge in [0.25, 0.3) is 0 Å². The predicted octanol–water partition coefficient (Wildman–Crippen LogP) is 1.21. The summed E-state index contributed by atoms with van der Waals surface area (Å²) in [6.45, 7) is 1.92. The maximum absolute atomic E-state index is 11.7. The molecule has 3 atom stereocenters. The molecule has 0 spiro atoms. The third kappa shape index (κ3) is 1.73. The van der Waals surface area contributed by atoms with Crippen molar-refractivity contribution in [2.45, 2.75) is 18.1 Å². The summed E-state index contributed by atoms with van der Waals surface area (Å²) in [5, 5.41) is 8.21. The second-order valence-corrected chi connectivity index (χ2v) is 6.97. The normalized spacial score (nSPS) is 30.5. The van der Waals surface area contributed by atoms with Crippen molar-refractivity contribution in [1.82, 2.24) is 0 Å². The van der Waals surface area contributed by atoms with Gasteiger partial charge in [0.2, 0.25) is 0 Å². The number of nitriles is 1. The van der Waals surface area contributed by atoms with E-state index >= 15 is 0 Å². The Morgan fingerprint density at radius 2 is 1.89 bits per heavy atom. The summed E-state index contributed by atoms with van der Waals surface area (Å²) in [6, 6.07) is 9.13. The fraction of sp³-hybridized carbons (Fsp3) is 0.385. The Morgan fingerprint density at radius 1 is 1.33 bits per heavy atom. The maximum Gasteiger partial charge on any atom is 0.153 e. The summed E-state index contributed by atoms with van der Waals surface area (Å²) >= 11 is 0. The highest BCUT2D eigenvalue weighted by Crippen LogP contribution is 2.61. The third-order valence-corrected chi connectivity index (χ3v) is 5.05. The van der Waals surface area contributed by atoms with Crippen molar-refractivity contribution in [3.63, 3.8) is 0 Å². The van der Waals surface area contributed by atoms with Gasteiger partial charge in [0.15, 0.2) is 9.84 Å². The van der Waals surface area contributed by atoms with Crippen molar-refractivity contribution in [2.24, 2.45) is 5.41 Å². The Morgan fingerprint density at radius 3 is 2.22 bits per heavy atom. The Bertz CT molecular complexity index is 627. The molecule has 1 aromatic carbocycles. The highest BCUT2D eigenvalue weighted by Gasteiger charge is 2.71. The number of carbonyl (C=O) groups is 1. The van der Waals surface area contributed by atoms with Gasteiger partial charge in [-0.05, 0) is 12.5 Å². The van der Waals surface area contributed by atoms with Crippen molar-refractivity contribution in [3.05, 3.63) is 35.4 Å². The smallest absolute Gasteiger partial charge is 0.153 e. The number of carbonyl (C=O) groups excluding carboxylic acids is 1. The summed E-state index contributed by atoms with van der Waals surface area (Å²) < 4.78 is 23.3. The van der Waals surface area contributed by atoms with Gasteiger partial charge in [0, 0.05) is 12.2 Å². The van der Waals surface area contributed by atoms with Crippen LogP contribution >= 0.6 is 0 Å². The molecule has 0 unspecified atom stereocenters. The van der Waals surface area contributed by atoms with E-state index in [0.717, 1.165) is 17.4 Å². The largest absolute Gasteiger partial charge is 0.302 e. The van der Waals surface area contributed by atoms with E-state index in [1.54, 1.807) is 12.1 Å². The van der Waals surface area contributed by atoms with E-state index in [4.69, 9.17) is 5.26 Å². The van der Waals surface area contributed by atoms with Crippen LogP contribution in [0.2, 0.25) is 0 Å². The van der Waals surface area contributed by atoms with Gasteiger partial charge in [-0.3, -0.25) is 0 Å². The molecule has 18 heavy (non-hydrogen) atoms. The van der Waals surface area contributed by atoms with Gasteiger partial charge >= 0.3 is 0 Å². The quantitative estimate of drug-likeness (QED) is 0.768. The number of hydrogen-bond donors (Lipinski definition) is 0. The molecular formula is C13H13NO3S. The Labute approximate surface area is 106 Å². The highest BCUT2D eigenvalue weighted by atomic mass is 32.2. The summed E-state index contributed by atoms with van der Waals surface area (Å²) in [5.74, 6) is -0.546. The van der Waals surface area contributed by atoms with Crippen molar-refractivity contribution < 1.29 is 13.2 Å². The van der Waals surface area contributed by atoms with Gasteiger partial charge in [-0.2, -0.15) is 5.26 Å². The zero-order valence-corrected chi connectivity index (χ0v) is 10.9. The monoisotopic (exact) mass is 263 g/mol. The minimum absolute atomic E-state index is 0.475. The zero-order chi connectivity index (χ0) is 13.6. The molecule has 2 rings (SSSR count). The number of aldehydes is 1.